The Labute approximate surface area is 187 Å². The van der Waals surface area contributed by atoms with Crippen molar-refractivity contribution in [3.05, 3.63) is 53.5 Å². The molecule has 0 spiro atoms. The molecular weight excluding hydrogens is 412 g/mol. The summed E-state index contributed by atoms with van der Waals surface area (Å²) in [5.74, 6) is -0.475. The Morgan fingerprint density at radius 1 is 1.28 bits per heavy atom. The van der Waals surface area contributed by atoms with Crippen molar-refractivity contribution >= 4 is 23.1 Å². The van der Waals surface area contributed by atoms with Gasteiger partial charge in [-0.3, -0.25) is 9.59 Å². The summed E-state index contributed by atoms with van der Waals surface area (Å²) in [5, 5.41) is 11.2. The number of furan rings is 1. The average Bonchev–Trinajstić information content (AvgIpc) is 3.38. The Balaban J connectivity index is 1.71. The van der Waals surface area contributed by atoms with E-state index in [9.17, 15) is 14.7 Å². The molecule has 1 aromatic heterocycles. The molecule has 1 aromatic carbocycles. The van der Waals surface area contributed by atoms with Crippen molar-refractivity contribution in [2.75, 3.05) is 38.3 Å². The average molecular weight is 440 g/mol. The maximum Gasteiger partial charge on any atom is 0.295 e. The molecule has 8 nitrogen and oxygen atoms in total. The molecule has 1 fully saturated rings. The molecule has 1 unspecified atom stereocenters. The molecule has 0 bridgehead atoms. The Morgan fingerprint density at radius 3 is 2.81 bits per heavy atom. The molecule has 1 atom stereocenters. The van der Waals surface area contributed by atoms with Crippen molar-refractivity contribution < 1.29 is 28.6 Å². The molecule has 1 saturated heterocycles. The van der Waals surface area contributed by atoms with Crippen LogP contribution in [-0.4, -0.2) is 61.2 Å². The number of aliphatic hydroxyl groups is 1. The van der Waals surface area contributed by atoms with E-state index in [1.807, 2.05) is 25.8 Å². The highest BCUT2D eigenvalue weighted by Crippen LogP contribution is 2.41. The van der Waals surface area contributed by atoms with Crippen LogP contribution in [0.4, 0.5) is 5.69 Å². The highest BCUT2D eigenvalue weighted by Gasteiger charge is 2.47. The van der Waals surface area contributed by atoms with E-state index in [1.165, 1.54) is 11.2 Å². The minimum Gasteiger partial charge on any atom is -0.507 e. The molecule has 2 aromatic rings. The number of Topliss-reactive ketones (excluding diaryl/α,β-unsaturated/α-hetero) is 1. The molecule has 8 heteroatoms. The SMILES string of the molecule is CC(C)OCCCN1C(=O)C(=O)/C(=C(\O)c2ccc3c(c2)N(C)CCO3)C1c1ccco1. The van der Waals surface area contributed by atoms with Crippen LogP contribution in [0, 0.1) is 0 Å². The summed E-state index contributed by atoms with van der Waals surface area (Å²) in [7, 11) is 1.94. The molecule has 0 radical (unpaired) electrons. The molecule has 2 aliphatic heterocycles. The summed E-state index contributed by atoms with van der Waals surface area (Å²) in [6.45, 7) is 5.94. The first kappa shape index (κ1) is 22.0. The van der Waals surface area contributed by atoms with Gasteiger partial charge in [-0.2, -0.15) is 0 Å². The highest BCUT2D eigenvalue weighted by molar-refractivity contribution is 6.46. The molecule has 1 amide bonds. The lowest BCUT2D eigenvalue weighted by atomic mass is 9.98. The van der Waals surface area contributed by atoms with Gasteiger partial charge in [0.05, 0.1) is 30.2 Å². The van der Waals surface area contributed by atoms with E-state index >= 15 is 0 Å². The number of carbonyl (C=O) groups is 2. The van der Waals surface area contributed by atoms with Crippen molar-refractivity contribution in [2.24, 2.45) is 0 Å². The first-order valence-corrected chi connectivity index (χ1v) is 10.8. The van der Waals surface area contributed by atoms with Crippen molar-refractivity contribution in [3.8, 4) is 5.75 Å². The van der Waals surface area contributed by atoms with Crippen LogP contribution in [0.1, 0.15) is 37.6 Å². The number of rotatable bonds is 7. The zero-order valence-corrected chi connectivity index (χ0v) is 18.5. The maximum atomic E-state index is 13.0. The fraction of sp³-hybridized carbons (Fsp3) is 0.417. The molecule has 0 saturated carbocycles. The third-order valence-electron chi connectivity index (χ3n) is 5.68. The number of hydrogen-bond acceptors (Lipinski definition) is 7. The zero-order chi connectivity index (χ0) is 22.8. The van der Waals surface area contributed by atoms with Gasteiger partial charge in [0, 0.05) is 25.8 Å². The third kappa shape index (κ3) is 4.10. The molecule has 32 heavy (non-hydrogen) atoms. The summed E-state index contributed by atoms with van der Waals surface area (Å²) in [4.78, 5) is 29.4. The molecule has 4 rings (SSSR count). The summed E-state index contributed by atoms with van der Waals surface area (Å²) in [6, 6.07) is 7.83. The van der Waals surface area contributed by atoms with Crippen molar-refractivity contribution in [1.29, 1.82) is 0 Å². The Morgan fingerprint density at radius 2 is 2.09 bits per heavy atom. The number of aliphatic hydroxyl groups excluding tert-OH is 1. The van der Waals surface area contributed by atoms with Gasteiger partial charge in [-0.05, 0) is 50.6 Å². The maximum absolute atomic E-state index is 13.0. The van der Waals surface area contributed by atoms with E-state index in [-0.39, 0.29) is 17.4 Å². The number of amides is 1. The monoisotopic (exact) mass is 440 g/mol. The summed E-state index contributed by atoms with van der Waals surface area (Å²) < 4.78 is 16.8. The van der Waals surface area contributed by atoms with Gasteiger partial charge >= 0.3 is 0 Å². The summed E-state index contributed by atoms with van der Waals surface area (Å²) in [5.41, 5.74) is 1.28. The Bertz CT molecular complexity index is 1030. The van der Waals surface area contributed by atoms with Gasteiger partial charge in [0.1, 0.15) is 29.9 Å². The van der Waals surface area contributed by atoms with Crippen LogP contribution in [0.25, 0.3) is 5.76 Å². The number of likely N-dealkylation sites (tertiary alicyclic amines) is 1. The topological polar surface area (TPSA) is 92.5 Å². The lowest BCUT2D eigenvalue weighted by molar-refractivity contribution is -0.140. The van der Waals surface area contributed by atoms with Crippen molar-refractivity contribution in [1.82, 2.24) is 4.90 Å². The van der Waals surface area contributed by atoms with Crippen molar-refractivity contribution in [2.45, 2.75) is 32.4 Å². The number of benzene rings is 1. The van der Waals surface area contributed by atoms with E-state index in [4.69, 9.17) is 13.9 Å². The smallest absolute Gasteiger partial charge is 0.295 e. The number of fused-ring (bicyclic) bond motifs is 1. The largest absolute Gasteiger partial charge is 0.507 e. The van der Waals surface area contributed by atoms with Gasteiger partial charge in [0.25, 0.3) is 11.7 Å². The van der Waals surface area contributed by atoms with Gasteiger partial charge in [-0.15, -0.1) is 0 Å². The predicted octanol–water partition coefficient (Wildman–Crippen LogP) is 3.35. The van der Waals surface area contributed by atoms with Gasteiger partial charge in [0.2, 0.25) is 0 Å². The standard InChI is InChI=1S/C24H28N2O6/c1-15(2)30-12-5-9-26-21(19-6-4-11-31-19)20(23(28)24(26)29)22(27)16-7-8-18-17(14-16)25(3)10-13-32-18/h4,6-8,11,14-15,21,27H,5,9-10,12-13H2,1-3H3/b22-20-. The van der Waals surface area contributed by atoms with Gasteiger partial charge < -0.3 is 28.8 Å². The van der Waals surface area contributed by atoms with Crippen LogP contribution in [0.3, 0.4) is 0 Å². The number of hydrogen-bond donors (Lipinski definition) is 1. The van der Waals surface area contributed by atoms with E-state index in [0.29, 0.717) is 49.8 Å². The lowest BCUT2D eigenvalue weighted by Gasteiger charge is -2.28. The fourth-order valence-corrected chi connectivity index (χ4v) is 4.06. The zero-order valence-electron chi connectivity index (χ0n) is 18.5. The van der Waals surface area contributed by atoms with Crippen LogP contribution in [0.2, 0.25) is 0 Å². The van der Waals surface area contributed by atoms with Gasteiger partial charge in [-0.25, -0.2) is 0 Å². The van der Waals surface area contributed by atoms with E-state index < -0.39 is 17.7 Å². The molecular formula is C24H28N2O6. The second kappa shape index (κ2) is 9.08. The second-order valence-electron chi connectivity index (χ2n) is 8.23. The van der Waals surface area contributed by atoms with Gasteiger partial charge in [0.15, 0.2) is 0 Å². The molecule has 2 aliphatic rings. The molecule has 3 heterocycles. The van der Waals surface area contributed by atoms with Crippen LogP contribution in [0.5, 0.6) is 5.75 Å². The second-order valence-corrected chi connectivity index (χ2v) is 8.23. The first-order chi connectivity index (χ1) is 15.4. The summed E-state index contributed by atoms with van der Waals surface area (Å²) in [6.07, 6.45) is 2.13. The minimum absolute atomic E-state index is 0.0223. The summed E-state index contributed by atoms with van der Waals surface area (Å²) >= 11 is 0. The number of likely N-dealkylation sites (N-methyl/N-ethyl adjacent to an activating group) is 1. The normalized spacial score (nSPS) is 20.1. The number of ether oxygens (including phenoxy) is 2. The predicted molar refractivity (Wildman–Crippen MR) is 119 cm³/mol. The highest BCUT2D eigenvalue weighted by atomic mass is 16.5. The number of anilines is 1. The van der Waals surface area contributed by atoms with Gasteiger partial charge in [-0.1, -0.05) is 0 Å². The Hall–Kier alpha value is -3.26. The quantitative estimate of drug-likeness (QED) is 0.305. The Kier molecular flexibility index (Phi) is 6.23. The number of ketones is 1. The van der Waals surface area contributed by atoms with E-state index in [2.05, 4.69) is 0 Å². The molecule has 0 aliphatic carbocycles. The van der Waals surface area contributed by atoms with Crippen LogP contribution < -0.4 is 9.64 Å². The van der Waals surface area contributed by atoms with E-state index in [0.717, 1.165) is 5.69 Å². The minimum atomic E-state index is -0.797. The van der Waals surface area contributed by atoms with Crippen LogP contribution in [0.15, 0.2) is 46.6 Å². The van der Waals surface area contributed by atoms with Crippen LogP contribution >= 0.6 is 0 Å². The fourth-order valence-electron chi connectivity index (χ4n) is 4.06. The molecule has 1 N–H and O–H groups in total. The number of carbonyl (C=O) groups excluding carboxylic acids is 2. The molecule has 170 valence electrons. The third-order valence-corrected chi connectivity index (χ3v) is 5.68. The first-order valence-electron chi connectivity index (χ1n) is 10.8. The van der Waals surface area contributed by atoms with E-state index in [1.54, 1.807) is 30.3 Å². The lowest BCUT2D eigenvalue weighted by Crippen LogP contribution is -2.31. The van der Waals surface area contributed by atoms with Crippen LogP contribution in [-0.2, 0) is 14.3 Å². The van der Waals surface area contributed by atoms with Crippen molar-refractivity contribution in [3.63, 3.8) is 0 Å². The number of nitrogens with zero attached hydrogens (tertiary/aromatic N) is 2.